The highest BCUT2D eigenvalue weighted by molar-refractivity contribution is 5.75. The second-order valence-electron chi connectivity index (χ2n) is 2.82. The summed E-state index contributed by atoms with van der Waals surface area (Å²) in [6, 6.07) is 0. The number of nitrogens with zero attached hydrogens (tertiary/aromatic N) is 1. The molecule has 0 aromatic rings. The van der Waals surface area contributed by atoms with Crippen LogP contribution in [0.25, 0.3) is 0 Å². The molecule has 5 heteroatoms. The highest BCUT2D eigenvalue weighted by Crippen LogP contribution is 1.87. The zero-order valence-electron chi connectivity index (χ0n) is 8.38. The Morgan fingerprint density at radius 2 is 2.23 bits per heavy atom. The van der Waals surface area contributed by atoms with Crippen LogP contribution in [0.15, 0.2) is 0 Å². The molecule has 0 aromatic carbocycles. The summed E-state index contributed by atoms with van der Waals surface area (Å²) >= 11 is 0. The maximum atomic E-state index is 10.8. The van der Waals surface area contributed by atoms with Crippen molar-refractivity contribution in [2.24, 2.45) is 5.84 Å². The van der Waals surface area contributed by atoms with E-state index in [9.17, 15) is 4.79 Å². The van der Waals surface area contributed by atoms with Crippen LogP contribution in [0.1, 0.15) is 13.3 Å². The van der Waals surface area contributed by atoms with Crippen LogP contribution in [0.4, 0.5) is 0 Å². The van der Waals surface area contributed by atoms with Gasteiger partial charge in [-0.1, -0.05) is 0 Å². The lowest BCUT2D eigenvalue weighted by Gasteiger charge is -2.15. The third-order valence-corrected chi connectivity index (χ3v) is 1.70. The minimum Gasteiger partial charge on any atom is -0.380 e. The number of carbonyl (C=O) groups is 1. The zero-order valence-corrected chi connectivity index (χ0v) is 8.38. The predicted molar refractivity (Wildman–Crippen MR) is 50.9 cm³/mol. The van der Waals surface area contributed by atoms with E-state index in [1.807, 2.05) is 18.9 Å². The van der Waals surface area contributed by atoms with Gasteiger partial charge in [0.2, 0.25) is 5.91 Å². The van der Waals surface area contributed by atoms with Crippen molar-refractivity contribution in [3.05, 3.63) is 0 Å². The number of carbonyl (C=O) groups excluding carboxylic acids is 1. The lowest BCUT2D eigenvalue weighted by Crippen LogP contribution is -2.34. The van der Waals surface area contributed by atoms with Gasteiger partial charge in [0.25, 0.3) is 0 Å². The van der Waals surface area contributed by atoms with Gasteiger partial charge in [0.05, 0.1) is 6.61 Å². The van der Waals surface area contributed by atoms with Crippen LogP contribution in [-0.4, -0.2) is 44.2 Å². The van der Waals surface area contributed by atoms with Crippen molar-refractivity contribution >= 4 is 5.91 Å². The van der Waals surface area contributed by atoms with Crippen molar-refractivity contribution in [3.63, 3.8) is 0 Å². The Kier molecular flexibility index (Phi) is 7.57. The zero-order chi connectivity index (χ0) is 10.1. The molecular weight excluding hydrogens is 170 g/mol. The lowest BCUT2D eigenvalue weighted by molar-refractivity contribution is -0.121. The third kappa shape index (κ3) is 7.70. The number of nitrogens with one attached hydrogen (secondary N) is 1. The summed E-state index contributed by atoms with van der Waals surface area (Å²) in [5, 5.41) is 0. The van der Waals surface area contributed by atoms with Crippen LogP contribution in [0.3, 0.4) is 0 Å². The number of hydrazine groups is 1. The highest BCUT2D eigenvalue weighted by Gasteiger charge is 2.01. The van der Waals surface area contributed by atoms with Gasteiger partial charge in [-0.25, -0.2) is 5.84 Å². The Bertz CT molecular complexity index is 141. The molecular formula is C8H19N3O2. The lowest BCUT2D eigenvalue weighted by atomic mass is 10.4. The first-order valence-electron chi connectivity index (χ1n) is 4.46. The maximum Gasteiger partial charge on any atom is 0.235 e. The third-order valence-electron chi connectivity index (χ3n) is 1.70. The van der Waals surface area contributed by atoms with Gasteiger partial charge in [0, 0.05) is 26.1 Å². The summed E-state index contributed by atoms with van der Waals surface area (Å²) in [6.45, 7) is 4.94. The van der Waals surface area contributed by atoms with Crippen LogP contribution in [-0.2, 0) is 9.53 Å². The van der Waals surface area contributed by atoms with Crippen molar-refractivity contribution in [1.82, 2.24) is 10.3 Å². The number of rotatable bonds is 7. The van der Waals surface area contributed by atoms with E-state index in [2.05, 4.69) is 5.43 Å². The summed E-state index contributed by atoms with van der Waals surface area (Å²) in [7, 11) is 1.95. The highest BCUT2D eigenvalue weighted by atomic mass is 16.5. The van der Waals surface area contributed by atoms with Gasteiger partial charge in [-0.05, 0) is 14.0 Å². The van der Waals surface area contributed by atoms with Gasteiger partial charge in [-0.2, -0.15) is 0 Å². The minimum absolute atomic E-state index is 0.136. The molecule has 0 bridgehead atoms. The van der Waals surface area contributed by atoms with E-state index in [0.717, 1.165) is 13.2 Å². The summed E-state index contributed by atoms with van der Waals surface area (Å²) in [5.74, 6) is 4.80. The molecule has 0 heterocycles. The molecule has 5 nitrogen and oxygen atoms in total. The molecule has 0 saturated carbocycles. The minimum atomic E-state index is -0.136. The van der Waals surface area contributed by atoms with E-state index >= 15 is 0 Å². The average molecular weight is 189 g/mol. The number of hydrogen-bond donors (Lipinski definition) is 2. The van der Waals surface area contributed by atoms with Gasteiger partial charge in [0.1, 0.15) is 0 Å². The average Bonchev–Trinajstić information content (AvgIpc) is 2.14. The molecule has 0 fully saturated rings. The fourth-order valence-electron chi connectivity index (χ4n) is 0.841. The van der Waals surface area contributed by atoms with Crippen molar-refractivity contribution in [3.8, 4) is 0 Å². The molecule has 0 spiro atoms. The molecule has 0 aliphatic carbocycles. The molecule has 0 radical (unpaired) electrons. The first kappa shape index (κ1) is 12.3. The second-order valence-corrected chi connectivity index (χ2v) is 2.82. The number of likely N-dealkylation sites (N-methyl/N-ethyl adjacent to an activating group) is 1. The molecule has 1 amide bonds. The van der Waals surface area contributed by atoms with E-state index in [-0.39, 0.29) is 5.91 Å². The molecule has 3 N–H and O–H groups in total. The SMILES string of the molecule is CCOCCN(C)CCC(=O)NN. The standard InChI is InChI=1S/C8H19N3O2/c1-3-13-7-6-11(2)5-4-8(12)10-9/h3-7,9H2,1-2H3,(H,10,12). The number of ether oxygens (including phenoxy) is 1. The van der Waals surface area contributed by atoms with Crippen molar-refractivity contribution < 1.29 is 9.53 Å². The first-order chi connectivity index (χ1) is 6.20. The van der Waals surface area contributed by atoms with Crippen LogP contribution >= 0.6 is 0 Å². The van der Waals surface area contributed by atoms with E-state index < -0.39 is 0 Å². The Labute approximate surface area is 79.2 Å². The van der Waals surface area contributed by atoms with Gasteiger partial charge in [-0.3, -0.25) is 10.2 Å². The summed E-state index contributed by atoms with van der Waals surface area (Å²) < 4.78 is 5.17. The molecule has 13 heavy (non-hydrogen) atoms. The fraction of sp³-hybridized carbons (Fsp3) is 0.875. The Balaban J connectivity index is 3.29. The van der Waals surface area contributed by atoms with Gasteiger partial charge in [-0.15, -0.1) is 0 Å². The van der Waals surface area contributed by atoms with Crippen molar-refractivity contribution in [2.75, 3.05) is 33.4 Å². The van der Waals surface area contributed by atoms with Crippen LogP contribution in [0.2, 0.25) is 0 Å². The van der Waals surface area contributed by atoms with Crippen LogP contribution < -0.4 is 11.3 Å². The molecule has 0 aromatic heterocycles. The van der Waals surface area contributed by atoms with Crippen molar-refractivity contribution in [1.29, 1.82) is 0 Å². The van der Waals surface area contributed by atoms with Crippen LogP contribution in [0, 0.1) is 0 Å². The topological polar surface area (TPSA) is 67.6 Å². The van der Waals surface area contributed by atoms with Crippen LogP contribution in [0.5, 0.6) is 0 Å². The Morgan fingerprint density at radius 3 is 2.77 bits per heavy atom. The molecule has 0 rings (SSSR count). The Morgan fingerprint density at radius 1 is 1.54 bits per heavy atom. The normalized spacial score (nSPS) is 10.5. The van der Waals surface area contributed by atoms with Gasteiger partial charge < -0.3 is 9.64 Å². The van der Waals surface area contributed by atoms with Gasteiger partial charge >= 0.3 is 0 Å². The summed E-state index contributed by atoms with van der Waals surface area (Å²) in [5.41, 5.74) is 2.09. The predicted octanol–water partition coefficient (Wildman–Crippen LogP) is -0.665. The maximum absolute atomic E-state index is 10.8. The molecule has 78 valence electrons. The summed E-state index contributed by atoms with van der Waals surface area (Å²) in [4.78, 5) is 12.8. The van der Waals surface area contributed by atoms with Crippen molar-refractivity contribution in [2.45, 2.75) is 13.3 Å². The van der Waals surface area contributed by atoms with Gasteiger partial charge in [0.15, 0.2) is 0 Å². The molecule has 0 atom stereocenters. The van der Waals surface area contributed by atoms with E-state index in [1.165, 1.54) is 0 Å². The molecule has 0 unspecified atom stereocenters. The fourth-order valence-corrected chi connectivity index (χ4v) is 0.841. The first-order valence-corrected chi connectivity index (χ1v) is 4.46. The smallest absolute Gasteiger partial charge is 0.235 e. The summed E-state index contributed by atoms with van der Waals surface area (Å²) in [6.07, 6.45) is 0.430. The molecule has 0 aliphatic heterocycles. The monoisotopic (exact) mass is 189 g/mol. The van der Waals surface area contributed by atoms with E-state index in [1.54, 1.807) is 0 Å². The molecule has 0 saturated heterocycles. The number of nitrogens with two attached hydrogens (primary N) is 1. The number of amides is 1. The van der Waals surface area contributed by atoms with E-state index in [0.29, 0.717) is 19.6 Å². The second kappa shape index (κ2) is 7.97. The van der Waals surface area contributed by atoms with E-state index in [4.69, 9.17) is 10.6 Å². The Hall–Kier alpha value is -0.650. The quantitative estimate of drug-likeness (QED) is 0.241. The molecule has 0 aliphatic rings. The largest absolute Gasteiger partial charge is 0.380 e. The number of hydrogen-bond acceptors (Lipinski definition) is 4.